The van der Waals surface area contributed by atoms with Crippen molar-refractivity contribution in [1.29, 1.82) is 0 Å². The summed E-state index contributed by atoms with van der Waals surface area (Å²) in [4.78, 5) is 16.4. The third-order valence-electron chi connectivity index (χ3n) is 3.42. The van der Waals surface area contributed by atoms with Crippen molar-refractivity contribution in [3.05, 3.63) is 48.6 Å². The van der Waals surface area contributed by atoms with Gasteiger partial charge in [0.2, 0.25) is 0 Å². The van der Waals surface area contributed by atoms with E-state index in [2.05, 4.69) is 10.1 Å². The van der Waals surface area contributed by atoms with E-state index in [0.29, 0.717) is 11.4 Å². The molecule has 0 unspecified atom stereocenters. The number of nitrogens with zero attached hydrogens (tertiary/aromatic N) is 3. The Morgan fingerprint density at radius 2 is 2.00 bits per heavy atom. The third-order valence-corrected chi connectivity index (χ3v) is 3.42. The van der Waals surface area contributed by atoms with Crippen LogP contribution >= 0.6 is 0 Å². The molecule has 0 N–H and O–H groups in total. The minimum Gasteiger partial charge on any atom is -0.496 e. The van der Waals surface area contributed by atoms with Crippen LogP contribution in [-0.2, 0) is 9.53 Å². The highest BCUT2D eigenvalue weighted by Gasteiger charge is 2.26. The molecular weight excluding hydrogens is 282 g/mol. The van der Waals surface area contributed by atoms with Crippen LogP contribution in [0.3, 0.4) is 0 Å². The normalized spacial score (nSPS) is 12.3. The Bertz CT molecular complexity index is 676. The molecule has 0 aliphatic heterocycles. The van der Waals surface area contributed by atoms with E-state index in [-0.39, 0.29) is 5.78 Å². The molecule has 0 atom stereocenters. The number of para-hydroxylation sites is 1. The highest BCUT2D eigenvalue weighted by atomic mass is 16.5. The van der Waals surface area contributed by atoms with Crippen LogP contribution in [0.2, 0.25) is 0 Å². The first kappa shape index (κ1) is 15.9. The molecule has 0 aliphatic rings. The van der Waals surface area contributed by atoms with Crippen LogP contribution in [0.5, 0.6) is 5.75 Å². The van der Waals surface area contributed by atoms with E-state index in [0.717, 1.165) is 5.56 Å². The van der Waals surface area contributed by atoms with E-state index in [9.17, 15) is 4.79 Å². The zero-order chi connectivity index (χ0) is 16.2. The largest absolute Gasteiger partial charge is 0.496 e. The average molecular weight is 301 g/mol. The smallest absolute Gasteiger partial charge is 0.189 e. The highest BCUT2D eigenvalue weighted by molar-refractivity contribution is 6.02. The van der Waals surface area contributed by atoms with E-state index < -0.39 is 5.60 Å². The van der Waals surface area contributed by atoms with Gasteiger partial charge in [-0.3, -0.25) is 4.79 Å². The Morgan fingerprint density at radius 3 is 2.59 bits per heavy atom. The summed E-state index contributed by atoms with van der Waals surface area (Å²) >= 11 is 0. The minimum atomic E-state index is -0.923. The number of hydrogen-bond donors (Lipinski definition) is 0. The number of benzene rings is 1. The van der Waals surface area contributed by atoms with Crippen LogP contribution in [-0.4, -0.2) is 40.4 Å². The monoisotopic (exact) mass is 301 g/mol. The summed E-state index contributed by atoms with van der Waals surface area (Å²) < 4.78 is 12.1. The first-order valence-corrected chi connectivity index (χ1v) is 6.79. The van der Waals surface area contributed by atoms with Gasteiger partial charge >= 0.3 is 0 Å². The van der Waals surface area contributed by atoms with Gasteiger partial charge in [-0.2, -0.15) is 5.10 Å². The van der Waals surface area contributed by atoms with Gasteiger partial charge in [-0.05, 0) is 26.0 Å². The molecule has 2 aromatic rings. The molecule has 2 rings (SSSR count). The lowest BCUT2D eigenvalue weighted by Crippen LogP contribution is -2.32. The van der Waals surface area contributed by atoms with Gasteiger partial charge in [0.15, 0.2) is 5.78 Å². The SMILES string of the molecule is COc1ccccc1C(=CC(=O)C(C)(C)OC)n1cncn1. The number of carbonyl (C=O) groups is 1. The zero-order valence-electron chi connectivity index (χ0n) is 13.1. The van der Waals surface area contributed by atoms with Crippen molar-refractivity contribution in [2.45, 2.75) is 19.4 Å². The molecule has 0 saturated heterocycles. The quantitative estimate of drug-likeness (QED) is 0.765. The number of rotatable bonds is 6. The Hall–Kier alpha value is -2.47. The van der Waals surface area contributed by atoms with Crippen LogP contribution in [0.1, 0.15) is 19.4 Å². The van der Waals surface area contributed by atoms with Gasteiger partial charge in [0.25, 0.3) is 0 Å². The molecule has 1 aromatic heterocycles. The Balaban J connectivity index is 2.56. The van der Waals surface area contributed by atoms with Gasteiger partial charge in [-0.25, -0.2) is 9.67 Å². The van der Waals surface area contributed by atoms with Crippen LogP contribution in [0, 0.1) is 0 Å². The summed E-state index contributed by atoms with van der Waals surface area (Å²) in [5.74, 6) is 0.471. The zero-order valence-corrected chi connectivity index (χ0v) is 13.1. The van der Waals surface area contributed by atoms with Gasteiger partial charge in [0.05, 0.1) is 12.8 Å². The van der Waals surface area contributed by atoms with Crippen LogP contribution in [0.4, 0.5) is 0 Å². The predicted molar refractivity (Wildman–Crippen MR) is 82.5 cm³/mol. The van der Waals surface area contributed by atoms with E-state index in [1.807, 2.05) is 24.3 Å². The summed E-state index contributed by atoms with van der Waals surface area (Å²) in [6.07, 6.45) is 4.44. The average Bonchev–Trinajstić information content (AvgIpc) is 3.06. The first-order chi connectivity index (χ1) is 10.5. The maximum Gasteiger partial charge on any atom is 0.189 e. The first-order valence-electron chi connectivity index (χ1n) is 6.79. The fourth-order valence-corrected chi connectivity index (χ4v) is 1.85. The molecule has 22 heavy (non-hydrogen) atoms. The van der Waals surface area contributed by atoms with Crippen molar-refractivity contribution < 1.29 is 14.3 Å². The molecule has 0 bridgehead atoms. The molecule has 0 saturated carbocycles. The molecular formula is C16H19N3O3. The van der Waals surface area contributed by atoms with Crippen molar-refractivity contribution >= 4 is 11.5 Å². The molecule has 0 spiro atoms. The van der Waals surface area contributed by atoms with E-state index in [1.165, 1.54) is 30.5 Å². The van der Waals surface area contributed by atoms with Crippen molar-refractivity contribution in [3.63, 3.8) is 0 Å². The molecule has 0 fully saturated rings. The number of carbonyl (C=O) groups excluding carboxylic acids is 1. The van der Waals surface area contributed by atoms with E-state index >= 15 is 0 Å². The van der Waals surface area contributed by atoms with Gasteiger partial charge in [-0.1, -0.05) is 12.1 Å². The predicted octanol–water partition coefficient (Wildman–Crippen LogP) is 2.17. The van der Waals surface area contributed by atoms with Gasteiger partial charge in [0, 0.05) is 18.7 Å². The van der Waals surface area contributed by atoms with Gasteiger partial charge in [-0.15, -0.1) is 0 Å². The standard InChI is InChI=1S/C16H19N3O3/c1-16(2,22-4)15(20)9-13(19-11-17-10-18-19)12-7-5-6-8-14(12)21-3/h5-11H,1-4H3. The fourth-order valence-electron chi connectivity index (χ4n) is 1.85. The number of ketones is 1. The number of ether oxygens (including phenoxy) is 2. The molecule has 1 heterocycles. The Morgan fingerprint density at radius 1 is 1.27 bits per heavy atom. The maximum atomic E-state index is 12.5. The van der Waals surface area contributed by atoms with E-state index in [1.54, 1.807) is 21.0 Å². The lowest BCUT2D eigenvalue weighted by molar-refractivity contribution is -0.131. The highest BCUT2D eigenvalue weighted by Crippen LogP contribution is 2.27. The maximum absolute atomic E-state index is 12.5. The summed E-state index contributed by atoms with van der Waals surface area (Å²) in [5.41, 5.74) is 0.397. The Kier molecular flexibility index (Phi) is 4.72. The summed E-state index contributed by atoms with van der Waals surface area (Å²) in [6, 6.07) is 7.42. The van der Waals surface area contributed by atoms with Crippen molar-refractivity contribution in [2.24, 2.45) is 0 Å². The third kappa shape index (κ3) is 3.23. The molecule has 0 aliphatic carbocycles. The van der Waals surface area contributed by atoms with Crippen LogP contribution in [0.25, 0.3) is 5.70 Å². The van der Waals surface area contributed by atoms with Crippen LogP contribution < -0.4 is 4.74 Å². The van der Waals surface area contributed by atoms with Gasteiger partial charge in [0.1, 0.15) is 24.0 Å². The Labute approximate surface area is 129 Å². The molecule has 1 aromatic carbocycles. The van der Waals surface area contributed by atoms with Gasteiger partial charge < -0.3 is 9.47 Å². The van der Waals surface area contributed by atoms with E-state index in [4.69, 9.17) is 9.47 Å². The summed E-state index contributed by atoms with van der Waals surface area (Å²) in [5, 5.41) is 4.12. The number of methoxy groups -OCH3 is 2. The lowest BCUT2D eigenvalue weighted by atomic mass is 10.0. The minimum absolute atomic E-state index is 0.175. The van der Waals surface area contributed by atoms with Crippen molar-refractivity contribution in [3.8, 4) is 5.75 Å². The second-order valence-corrected chi connectivity index (χ2v) is 5.15. The molecule has 0 amide bonds. The second-order valence-electron chi connectivity index (χ2n) is 5.15. The van der Waals surface area contributed by atoms with Crippen molar-refractivity contribution in [2.75, 3.05) is 14.2 Å². The molecule has 0 radical (unpaired) electrons. The molecule has 6 heteroatoms. The molecule has 6 nitrogen and oxygen atoms in total. The summed E-state index contributed by atoms with van der Waals surface area (Å²) in [6.45, 7) is 3.43. The van der Waals surface area contributed by atoms with Crippen LogP contribution in [0.15, 0.2) is 43.0 Å². The molecule has 116 valence electrons. The lowest BCUT2D eigenvalue weighted by Gasteiger charge is -2.20. The second kappa shape index (κ2) is 6.53. The van der Waals surface area contributed by atoms with Crippen molar-refractivity contribution in [1.82, 2.24) is 14.8 Å². The topological polar surface area (TPSA) is 66.2 Å². The fraction of sp³-hybridized carbons (Fsp3) is 0.312. The summed E-state index contributed by atoms with van der Waals surface area (Å²) in [7, 11) is 3.09. The number of hydrogen-bond acceptors (Lipinski definition) is 5. The number of aromatic nitrogens is 3.